The topological polar surface area (TPSA) is 83.6 Å². The van der Waals surface area contributed by atoms with Crippen LogP contribution in [0.25, 0.3) is 0 Å². The number of rotatable bonds is 4. The van der Waals surface area contributed by atoms with Crippen molar-refractivity contribution in [2.24, 2.45) is 0 Å². The number of pyridine rings is 1. The van der Waals surface area contributed by atoms with E-state index in [1.54, 1.807) is 0 Å². The van der Waals surface area contributed by atoms with Crippen LogP contribution in [0.4, 0.5) is 18.9 Å². The van der Waals surface area contributed by atoms with Gasteiger partial charge in [-0.05, 0) is 18.6 Å². The highest BCUT2D eigenvalue weighted by Gasteiger charge is 2.32. The van der Waals surface area contributed by atoms with Gasteiger partial charge < -0.3 is 5.32 Å². The zero-order valence-electron chi connectivity index (χ0n) is 11.0. The van der Waals surface area contributed by atoms with Crippen LogP contribution in [0, 0.1) is 0 Å². The molecule has 6 nitrogen and oxygen atoms in total. The van der Waals surface area contributed by atoms with E-state index < -0.39 is 17.8 Å². The number of H-pyrrole nitrogens is 1. The SMILES string of the molecule is CCCc1nc(C(=O)Nc2ccc(C(F)(F)F)nc2)n[nH]1. The molecule has 2 N–H and O–H groups in total. The number of aromatic nitrogens is 4. The Bertz CT molecular complexity index is 621. The van der Waals surface area contributed by atoms with Gasteiger partial charge in [0, 0.05) is 6.42 Å². The lowest BCUT2D eigenvalue weighted by atomic mass is 10.3. The molecular formula is C12H12F3N5O. The summed E-state index contributed by atoms with van der Waals surface area (Å²) in [4.78, 5) is 19.0. The van der Waals surface area contributed by atoms with Gasteiger partial charge in [0.25, 0.3) is 5.91 Å². The zero-order valence-corrected chi connectivity index (χ0v) is 11.0. The molecule has 2 rings (SSSR count). The Morgan fingerprint density at radius 1 is 1.38 bits per heavy atom. The minimum Gasteiger partial charge on any atom is -0.318 e. The van der Waals surface area contributed by atoms with E-state index in [-0.39, 0.29) is 11.5 Å². The van der Waals surface area contributed by atoms with Gasteiger partial charge in [0.05, 0.1) is 11.9 Å². The molecule has 0 atom stereocenters. The van der Waals surface area contributed by atoms with E-state index in [2.05, 4.69) is 25.5 Å². The Morgan fingerprint density at radius 3 is 2.71 bits per heavy atom. The van der Waals surface area contributed by atoms with Crippen LogP contribution in [-0.2, 0) is 12.6 Å². The number of aryl methyl sites for hydroxylation is 1. The van der Waals surface area contributed by atoms with Crippen LogP contribution in [-0.4, -0.2) is 26.1 Å². The molecule has 0 spiro atoms. The number of carbonyl (C=O) groups is 1. The highest BCUT2D eigenvalue weighted by molar-refractivity contribution is 6.01. The quantitative estimate of drug-likeness (QED) is 0.908. The molecule has 112 valence electrons. The summed E-state index contributed by atoms with van der Waals surface area (Å²) in [5, 5.41) is 8.73. The van der Waals surface area contributed by atoms with Gasteiger partial charge in [-0.1, -0.05) is 6.92 Å². The molecule has 0 unspecified atom stereocenters. The maximum absolute atomic E-state index is 12.3. The lowest BCUT2D eigenvalue weighted by molar-refractivity contribution is -0.141. The van der Waals surface area contributed by atoms with Crippen molar-refractivity contribution in [2.45, 2.75) is 25.9 Å². The molecule has 0 saturated heterocycles. The second kappa shape index (κ2) is 5.90. The molecule has 0 aromatic carbocycles. The summed E-state index contributed by atoms with van der Waals surface area (Å²) in [5.41, 5.74) is -0.890. The van der Waals surface area contributed by atoms with E-state index in [4.69, 9.17) is 0 Å². The summed E-state index contributed by atoms with van der Waals surface area (Å²) in [6, 6.07) is 1.91. The van der Waals surface area contributed by atoms with Gasteiger partial charge in [-0.25, -0.2) is 9.97 Å². The van der Waals surface area contributed by atoms with Gasteiger partial charge in [0.1, 0.15) is 11.5 Å². The van der Waals surface area contributed by atoms with Crippen LogP contribution in [0.15, 0.2) is 18.3 Å². The van der Waals surface area contributed by atoms with Crippen LogP contribution < -0.4 is 5.32 Å². The number of nitrogens with zero attached hydrogens (tertiary/aromatic N) is 3. The third-order valence-electron chi connectivity index (χ3n) is 2.53. The van der Waals surface area contributed by atoms with Crippen LogP contribution >= 0.6 is 0 Å². The fraction of sp³-hybridized carbons (Fsp3) is 0.333. The van der Waals surface area contributed by atoms with E-state index in [0.29, 0.717) is 12.2 Å². The van der Waals surface area contributed by atoms with Crippen molar-refractivity contribution >= 4 is 11.6 Å². The fourth-order valence-electron chi connectivity index (χ4n) is 1.57. The minimum atomic E-state index is -4.51. The number of hydrogen-bond donors (Lipinski definition) is 2. The highest BCUT2D eigenvalue weighted by Crippen LogP contribution is 2.27. The minimum absolute atomic E-state index is 0.0710. The van der Waals surface area contributed by atoms with Gasteiger partial charge in [-0.15, -0.1) is 5.10 Å². The smallest absolute Gasteiger partial charge is 0.318 e. The maximum atomic E-state index is 12.3. The van der Waals surface area contributed by atoms with Crippen LogP contribution in [0.2, 0.25) is 0 Å². The Hall–Kier alpha value is -2.45. The summed E-state index contributed by atoms with van der Waals surface area (Å²) >= 11 is 0. The van der Waals surface area contributed by atoms with E-state index in [0.717, 1.165) is 24.8 Å². The Labute approximate surface area is 117 Å². The number of amides is 1. The van der Waals surface area contributed by atoms with E-state index in [1.807, 2.05) is 6.92 Å². The zero-order chi connectivity index (χ0) is 15.5. The number of anilines is 1. The summed E-state index contributed by atoms with van der Waals surface area (Å²) in [7, 11) is 0. The molecule has 21 heavy (non-hydrogen) atoms. The molecule has 1 amide bonds. The standard InChI is InChI=1S/C12H12F3N5O/c1-2-3-9-18-10(20-19-9)11(21)17-7-4-5-8(16-6-7)12(13,14)15/h4-6H,2-3H2,1H3,(H,17,21)(H,18,19,20). The number of hydrogen-bond acceptors (Lipinski definition) is 4. The first-order valence-corrected chi connectivity index (χ1v) is 6.16. The number of carbonyl (C=O) groups excluding carboxylic acids is 1. The predicted octanol–water partition coefficient (Wildman–Crippen LogP) is 2.42. The number of nitrogens with one attached hydrogen (secondary N) is 2. The fourth-order valence-corrected chi connectivity index (χ4v) is 1.57. The maximum Gasteiger partial charge on any atom is 0.433 e. The first kappa shape index (κ1) is 14.9. The van der Waals surface area contributed by atoms with Gasteiger partial charge in [0.2, 0.25) is 5.82 Å². The van der Waals surface area contributed by atoms with Gasteiger partial charge in [-0.2, -0.15) is 13.2 Å². The molecule has 0 aliphatic rings. The van der Waals surface area contributed by atoms with Crippen molar-refractivity contribution in [1.82, 2.24) is 20.2 Å². The molecule has 0 bridgehead atoms. The lowest BCUT2D eigenvalue weighted by Gasteiger charge is -2.06. The largest absolute Gasteiger partial charge is 0.433 e. The second-order valence-corrected chi connectivity index (χ2v) is 4.24. The van der Waals surface area contributed by atoms with Gasteiger partial charge in [0.15, 0.2) is 0 Å². The van der Waals surface area contributed by atoms with E-state index in [9.17, 15) is 18.0 Å². The molecule has 2 aromatic rings. The number of alkyl halides is 3. The molecule has 0 saturated carbocycles. The van der Waals surface area contributed by atoms with Crippen LogP contribution in [0.5, 0.6) is 0 Å². The van der Waals surface area contributed by atoms with Crippen molar-refractivity contribution in [3.8, 4) is 0 Å². The molecule has 9 heteroatoms. The first-order valence-electron chi connectivity index (χ1n) is 6.16. The Balaban J connectivity index is 2.05. The van der Waals surface area contributed by atoms with Crippen LogP contribution in [0.3, 0.4) is 0 Å². The molecular weight excluding hydrogens is 287 g/mol. The molecule has 0 radical (unpaired) electrons. The third-order valence-corrected chi connectivity index (χ3v) is 2.53. The van der Waals surface area contributed by atoms with Crippen molar-refractivity contribution in [3.05, 3.63) is 35.7 Å². The van der Waals surface area contributed by atoms with Crippen molar-refractivity contribution in [1.29, 1.82) is 0 Å². The number of aromatic amines is 1. The normalized spacial score (nSPS) is 11.4. The van der Waals surface area contributed by atoms with Crippen molar-refractivity contribution in [3.63, 3.8) is 0 Å². The average Bonchev–Trinajstić information content (AvgIpc) is 2.87. The summed E-state index contributed by atoms with van der Waals surface area (Å²) < 4.78 is 37.0. The Kier molecular flexibility index (Phi) is 4.20. The number of halogens is 3. The first-order chi connectivity index (χ1) is 9.90. The monoisotopic (exact) mass is 299 g/mol. The van der Waals surface area contributed by atoms with Gasteiger partial charge in [-0.3, -0.25) is 9.89 Å². The molecule has 0 aliphatic heterocycles. The highest BCUT2D eigenvalue weighted by atomic mass is 19.4. The summed E-state index contributed by atoms with van der Waals surface area (Å²) in [5.74, 6) is -0.110. The lowest BCUT2D eigenvalue weighted by Crippen LogP contribution is -2.15. The summed E-state index contributed by atoms with van der Waals surface area (Å²) in [6.07, 6.45) is -2.08. The van der Waals surface area contributed by atoms with E-state index in [1.165, 1.54) is 0 Å². The Morgan fingerprint density at radius 2 is 2.14 bits per heavy atom. The van der Waals surface area contributed by atoms with Crippen molar-refractivity contribution in [2.75, 3.05) is 5.32 Å². The van der Waals surface area contributed by atoms with Crippen molar-refractivity contribution < 1.29 is 18.0 Å². The second-order valence-electron chi connectivity index (χ2n) is 4.24. The third kappa shape index (κ3) is 3.77. The predicted molar refractivity (Wildman–Crippen MR) is 67.6 cm³/mol. The van der Waals surface area contributed by atoms with Gasteiger partial charge >= 0.3 is 6.18 Å². The molecule has 0 aliphatic carbocycles. The summed E-state index contributed by atoms with van der Waals surface area (Å²) in [6.45, 7) is 1.95. The molecule has 2 heterocycles. The molecule has 0 fully saturated rings. The van der Waals surface area contributed by atoms with Crippen LogP contribution in [0.1, 0.15) is 35.5 Å². The average molecular weight is 299 g/mol. The van der Waals surface area contributed by atoms with E-state index >= 15 is 0 Å². The molecule has 2 aromatic heterocycles.